The second kappa shape index (κ2) is 8.75. The smallest absolute Gasteiger partial charge is 0.338 e. The third kappa shape index (κ3) is 4.59. The van der Waals surface area contributed by atoms with Crippen molar-refractivity contribution in [2.24, 2.45) is 0 Å². The highest BCUT2D eigenvalue weighted by atomic mass is 32.2. The minimum absolute atomic E-state index is 0.230. The lowest BCUT2D eigenvalue weighted by atomic mass is 10.1. The summed E-state index contributed by atoms with van der Waals surface area (Å²) in [6, 6.07) is 14.1. The van der Waals surface area contributed by atoms with Crippen molar-refractivity contribution >= 4 is 27.3 Å². The zero-order valence-corrected chi connectivity index (χ0v) is 18.4. The van der Waals surface area contributed by atoms with Crippen LogP contribution in [0.4, 0.5) is 5.69 Å². The third-order valence-corrected chi connectivity index (χ3v) is 6.02. The molecule has 3 aromatic rings. The Kier molecular flexibility index (Phi) is 6.26. The van der Waals surface area contributed by atoms with Crippen molar-refractivity contribution in [3.05, 3.63) is 87.2 Å². The van der Waals surface area contributed by atoms with Crippen molar-refractivity contribution in [1.82, 2.24) is 4.57 Å². The highest BCUT2D eigenvalue weighted by Gasteiger charge is 2.25. The first-order chi connectivity index (χ1) is 15.0. The Morgan fingerprint density at radius 3 is 2.31 bits per heavy atom. The molecule has 2 aromatic carbocycles. The lowest BCUT2D eigenvalue weighted by molar-refractivity contribution is -0.387. The minimum atomic E-state index is -3.86. The van der Waals surface area contributed by atoms with E-state index in [4.69, 9.17) is 4.74 Å². The molecule has 3 rings (SSSR count). The molecule has 0 aliphatic heterocycles. The van der Waals surface area contributed by atoms with Crippen LogP contribution in [0.25, 0.3) is 5.69 Å². The van der Waals surface area contributed by atoms with Gasteiger partial charge in [-0.25, -0.2) is 13.2 Å². The summed E-state index contributed by atoms with van der Waals surface area (Å²) in [4.78, 5) is 34.8. The number of benzene rings is 2. The fourth-order valence-electron chi connectivity index (χ4n) is 3.41. The van der Waals surface area contributed by atoms with Gasteiger partial charge in [-0.15, -0.1) is 0 Å². The third-order valence-electron chi connectivity index (χ3n) is 4.87. The van der Waals surface area contributed by atoms with Crippen LogP contribution in [0.1, 0.15) is 32.1 Å². The monoisotopic (exact) mass is 456 g/mol. The minimum Gasteiger partial charge on any atom is -0.454 e. The van der Waals surface area contributed by atoms with Crippen LogP contribution in [-0.2, 0) is 14.6 Å². The molecule has 32 heavy (non-hydrogen) atoms. The molecule has 1 aromatic heterocycles. The summed E-state index contributed by atoms with van der Waals surface area (Å²) >= 11 is 0. The number of ketones is 1. The maximum atomic E-state index is 12.7. The molecule has 0 spiro atoms. The van der Waals surface area contributed by atoms with Crippen molar-refractivity contribution in [3.8, 4) is 5.69 Å². The SMILES string of the molecule is Cc1cc(C(=O)COC(=O)c2ccc(S(C)(=O)=O)c([N+](=O)[O-])c2)c(C)n1-c1ccccc1. The van der Waals surface area contributed by atoms with E-state index in [1.165, 1.54) is 0 Å². The molecule has 0 unspecified atom stereocenters. The van der Waals surface area contributed by atoms with Crippen molar-refractivity contribution in [1.29, 1.82) is 0 Å². The number of ether oxygens (including phenoxy) is 1. The molecule has 0 bridgehead atoms. The molecule has 9 nitrogen and oxygen atoms in total. The fourth-order valence-corrected chi connectivity index (χ4v) is 4.24. The molecule has 166 valence electrons. The summed E-state index contributed by atoms with van der Waals surface area (Å²) in [7, 11) is -3.86. The first kappa shape index (κ1) is 22.9. The number of esters is 1. The highest BCUT2D eigenvalue weighted by Crippen LogP contribution is 2.26. The summed E-state index contributed by atoms with van der Waals surface area (Å²) in [5.74, 6) is -1.41. The van der Waals surface area contributed by atoms with Crippen LogP contribution >= 0.6 is 0 Å². The summed E-state index contributed by atoms with van der Waals surface area (Å²) in [6.07, 6.45) is 0.831. The molecule has 0 amide bonds. The van der Waals surface area contributed by atoms with Gasteiger partial charge < -0.3 is 9.30 Å². The standard InChI is InChI=1S/C22H20N2O7S/c1-14-11-18(15(2)23(14)17-7-5-4-6-8-17)20(25)13-31-22(26)16-9-10-21(32(3,29)30)19(12-16)24(27)28/h4-12H,13H2,1-3H3. The number of aromatic nitrogens is 1. The topological polar surface area (TPSA) is 126 Å². The number of nitrogens with zero attached hydrogens (tertiary/aromatic N) is 2. The van der Waals surface area contributed by atoms with Gasteiger partial charge in [-0.05, 0) is 44.2 Å². The second-order valence-electron chi connectivity index (χ2n) is 7.17. The van der Waals surface area contributed by atoms with Crippen molar-refractivity contribution in [2.45, 2.75) is 18.7 Å². The summed E-state index contributed by atoms with van der Waals surface area (Å²) < 4.78 is 30.4. The maximum Gasteiger partial charge on any atom is 0.338 e. The Labute approximate surface area is 184 Å². The van der Waals surface area contributed by atoms with E-state index in [2.05, 4.69) is 0 Å². The number of hydrogen-bond donors (Lipinski definition) is 0. The van der Waals surface area contributed by atoms with Crippen molar-refractivity contribution in [2.75, 3.05) is 12.9 Å². The molecule has 0 saturated carbocycles. The highest BCUT2D eigenvalue weighted by molar-refractivity contribution is 7.90. The number of carbonyl (C=O) groups excluding carboxylic acids is 2. The van der Waals surface area contributed by atoms with Crippen molar-refractivity contribution < 1.29 is 27.7 Å². The van der Waals surface area contributed by atoms with Crippen LogP contribution in [0.3, 0.4) is 0 Å². The van der Waals surface area contributed by atoms with E-state index in [0.717, 1.165) is 35.8 Å². The quantitative estimate of drug-likeness (QED) is 0.231. The van der Waals surface area contributed by atoms with Crippen molar-refractivity contribution in [3.63, 3.8) is 0 Å². The van der Waals surface area contributed by atoms with Crippen LogP contribution in [0.5, 0.6) is 0 Å². The molecule has 0 aliphatic rings. The zero-order valence-electron chi connectivity index (χ0n) is 17.6. The molecule has 0 aliphatic carbocycles. The Balaban J connectivity index is 1.80. The van der Waals surface area contributed by atoms with Gasteiger partial charge in [-0.1, -0.05) is 18.2 Å². The number of carbonyl (C=O) groups is 2. The van der Waals surface area contributed by atoms with E-state index in [1.54, 1.807) is 13.0 Å². The van der Waals surface area contributed by atoms with E-state index in [1.807, 2.05) is 41.8 Å². The van der Waals surface area contributed by atoms with Gasteiger partial charge in [0.25, 0.3) is 5.69 Å². The summed E-state index contributed by atoms with van der Waals surface area (Å²) in [6.45, 7) is 3.06. The predicted octanol–water partition coefficient (Wildman–Crippen LogP) is 3.45. The molecule has 0 fully saturated rings. The average Bonchev–Trinajstić information content (AvgIpc) is 3.05. The number of sulfone groups is 1. The lowest BCUT2D eigenvalue weighted by Crippen LogP contribution is -2.15. The number of rotatable bonds is 7. The largest absolute Gasteiger partial charge is 0.454 e. The van der Waals surface area contributed by atoms with Gasteiger partial charge in [0.1, 0.15) is 4.90 Å². The van der Waals surface area contributed by atoms with E-state index >= 15 is 0 Å². The Hall–Kier alpha value is -3.79. The molecule has 0 N–H and O–H groups in total. The predicted molar refractivity (Wildman–Crippen MR) is 116 cm³/mol. The second-order valence-corrected chi connectivity index (χ2v) is 9.15. The van der Waals surface area contributed by atoms with Crippen LogP contribution in [-0.4, -0.2) is 42.5 Å². The van der Waals surface area contributed by atoms with Gasteiger partial charge in [-0.3, -0.25) is 14.9 Å². The molecule has 1 heterocycles. The van der Waals surface area contributed by atoms with Gasteiger partial charge in [0.2, 0.25) is 5.78 Å². The van der Waals surface area contributed by atoms with Crippen LogP contribution in [0, 0.1) is 24.0 Å². The first-order valence-corrected chi connectivity index (χ1v) is 11.3. The first-order valence-electron chi connectivity index (χ1n) is 9.44. The Morgan fingerprint density at radius 1 is 1.06 bits per heavy atom. The summed E-state index contributed by atoms with van der Waals surface area (Å²) in [5.41, 5.74) is 1.82. The van der Waals surface area contributed by atoms with E-state index in [0.29, 0.717) is 11.3 Å². The number of nitro groups is 1. The van der Waals surface area contributed by atoms with Gasteiger partial charge >= 0.3 is 5.97 Å². The molecular weight excluding hydrogens is 436 g/mol. The normalized spacial score (nSPS) is 11.2. The van der Waals surface area contributed by atoms with Gasteiger partial charge in [0, 0.05) is 35.0 Å². The maximum absolute atomic E-state index is 12.7. The number of aryl methyl sites for hydroxylation is 1. The van der Waals surface area contributed by atoms with E-state index < -0.39 is 43.7 Å². The molecule has 0 saturated heterocycles. The Morgan fingerprint density at radius 2 is 1.72 bits per heavy atom. The van der Waals surface area contributed by atoms with Crippen LogP contribution < -0.4 is 0 Å². The Bertz CT molecular complexity index is 1330. The van der Waals surface area contributed by atoms with E-state index in [9.17, 15) is 28.1 Å². The fraction of sp³-hybridized carbons (Fsp3) is 0.182. The zero-order chi connectivity index (χ0) is 23.6. The number of para-hydroxylation sites is 1. The van der Waals surface area contributed by atoms with Crippen LogP contribution in [0.2, 0.25) is 0 Å². The molecule has 10 heteroatoms. The average molecular weight is 456 g/mol. The number of Topliss-reactive ketones (excluding diaryl/α,β-unsaturated/α-hetero) is 1. The van der Waals surface area contributed by atoms with Gasteiger partial charge in [0.15, 0.2) is 16.4 Å². The number of hydrogen-bond acceptors (Lipinski definition) is 7. The molecular formula is C22H20N2O7S. The van der Waals surface area contributed by atoms with E-state index in [-0.39, 0.29) is 5.56 Å². The molecule has 0 atom stereocenters. The van der Waals surface area contributed by atoms with Gasteiger partial charge in [-0.2, -0.15) is 0 Å². The van der Waals surface area contributed by atoms with Gasteiger partial charge in [0.05, 0.1) is 10.5 Å². The summed E-state index contributed by atoms with van der Waals surface area (Å²) in [5, 5.41) is 11.2. The number of nitro benzene ring substituents is 1. The molecule has 0 radical (unpaired) electrons. The van der Waals surface area contributed by atoms with Crippen LogP contribution in [0.15, 0.2) is 59.5 Å². The lowest BCUT2D eigenvalue weighted by Gasteiger charge is -2.10.